The molecule has 3 aromatic rings. The molecule has 1 fully saturated rings. The summed E-state index contributed by atoms with van der Waals surface area (Å²) in [5, 5.41) is 2.06. The number of hydrogen-bond donors (Lipinski definition) is 1. The Kier molecular flexibility index (Phi) is 4.44. The van der Waals surface area contributed by atoms with Gasteiger partial charge in [-0.1, -0.05) is 0 Å². The van der Waals surface area contributed by atoms with E-state index in [-0.39, 0.29) is 5.56 Å². The second-order valence-corrected chi connectivity index (χ2v) is 8.92. The number of fused-ring (bicyclic) bond motifs is 1. The zero-order chi connectivity index (χ0) is 19.3. The fourth-order valence-corrected chi connectivity index (χ4v) is 4.70. The first-order valence-electron chi connectivity index (χ1n) is 9.91. The van der Waals surface area contributed by atoms with E-state index in [1.807, 2.05) is 6.92 Å². The molecular weight excluding hydrogens is 372 g/mol. The van der Waals surface area contributed by atoms with Crippen molar-refractivity contribution in [2.45, 2.75) is 52.6 Å². The summed E-state index contributed by atoms with van der Waals surface area (Å²) in [6.07, 6.45) is 4.14. The molecule has 1 N–H and O–H groups in total. The van der Waals surface area contributed by atoms with Crippen LogP contribution in [0.2, 0.25) is 0 Å². The van der Waals surface area contributed by atoms with Crippen molar-refractivity contribution in [1.82, 2.24) is 19.9 Å². The van der Waals surface area contributed by atoms with E-state index in [9.17, 15) is 4.79 Å². The van der Waals surface area contributed by atoms with Crippen molar-refractivity contribution in [2.75, 3.05) is 6.54 Å². The Hall–Kier alpha value is -2.25. The molecule has 28 heavy (non-hydrogen) atoms. The van der Waals surface area contributed by atoms with Crippen LogP contribution in [0.25, 0.3) is 10.8 Å². The standard InChI is InChI=1S/C21H24N4O2S/c1-12-6-8-28-19(12)21-23-16(13(2)27-21)10-25-7-5-15-17(11-25)22-18(24-20(15)26)9-14-3-4-14/h6,8,14H,3-5,7,9-11H2,1-2H3,(H,22,24,26). The zero-order valence-electron chi connectivity index (χ0n) is 16.2. The van der Waals surface area contributed by atoms with E-state index in [1.165, 1.54) is 18.4 Å². The van der Waals surface area contributed by atoms with Gasteiger partial charge in [0.1, 0.15) is 11.6 Å². The van der Waals surface area contributed by atoms with E-state index in [0.29, 0.717) is 24.9 Å². The lowest BCUT2D eigenvalue weighted by Gasteiger charge is -2.27. The van der Waals surface area contributed by atoms with Crippen LogP contribution in [-0.2, 0) is 25.9 Å². The first-order chi connectivity index (χ1) is 13.6. The zero-order valence-corrected chi connectivity index (χ0v) is 17.1. The topological polar surface area (TPSA) is 75.0 Å². The predicted molar refractivity (Wildman–Crippen MR) is 108 cm³/mol. The Morgan fingerprint density at radius 2 is 2.18 bits per heavy atom. The Morgan fingerprint density at radius 1 is 1.32 bits per heavy atom. The van der Waals surface area contributed by atoms with Crippen molar-refractivity contribution in [3.63, 3.8) is 0 Å². The van der Waals surface area contributed by atoms with Gasteiger partial charge in [-0.2, -0.15) is 0 Å². The Morgan fingerprint density at radius 3 is 2.93 bits per heavy atom. The van der Waals surface area contributed by atoms with Crippen LogP contribution in [0.5, 0.6) is 0 Å². The number of rotatable bonds is 5. The molecule has 1 saturated carbocycles. The molecule has 146 valence electrons. The van der Waals surface area contributed by atoms with Crippen LogP contribution in [0.1, 0.15) is 46.9 Å². The number of aromatic nitrogens is 3. The molecule has 0 aromatic carbocycles. The molecule has 0 atom stereocenters. The fraction of sp³-hybridized carbons (Fsp3) is 0.476. The van der Waals surface area contributed by atoms with Gasteiger partial charge in [-0.3, -0.25) is 9.69 Å². The summed E-state index contributed by atoms with van der Waals surface area (Å²) in [4.78, 5) is 28.4. The summed E-state index contributed by atoms with van der Waals surface area (Å²) >= 11 is 1.66. The smallest absolute Gasteiger partial charge is 0.254 e. The van der Waals surface area contributed by atoms with E-state index in [1.54, 1.807) is 11.3 Å². The number of aromatic amines is 1. The van der Waals surface area contributed by atoms with E-state index >= 15 is 0 Å². The number of aryl methyl sites for hydroxylation is 2. The molecule has 0 bridgehead atoms. The maximum atomic E-state index is 12.4. The van der Waals surface area contributed by atoms with Crippen LogP contribution >= 0.6 is 11.3 Å². The second-order valence-electron chi connectivity index (χ2n) is 8.00. The highest BCUT2D eigenvalue weighted by molar-refractivity contribution is 7.13. The summed E-state index contributed by atoms with van der Waals surface area (Å²) in [6, 6.07) is 2.09. The van der Waals surface area contributed by atoms with Gasteiger partial charge >= 0.3 is 0 Å². The molecule has 1 aliphatic heterocycles. The molecule has 7 heteroatoms. The van der Waals surface area contributed by atoms with E-state index in [4.69, 9.17) is 14.4 Å². The second kappa shape index (κ2) is 6.97. The largest absolute Gasteiger partial charge is 0.440 e. The molecule has 0 unspecified atom stereocenters. The van der Waals surface area contributed by atoms with E-state index in [0.717, 1.165) is 52.8 Å². The average Bonchev–Trinajstić information content (AvgIpc) is 3.25. The monoisotopic (exact) mass is 396 g/mol. The summed E-state index contributed by atoms with van der Waals surface area (Å²) in [6.45, 7) is 6.29. The molecule has 5 rings (SSSR count). The molecule has 0 saturated heterocycles. The van der Waals surface area contributed by atoms with Crippen LogP contribution in [-0.4, -0.2) is 26.4 Å². The van der Waals surface area contributed by atoms with Crippen molar-refractivity contribution >= 4 is 11.3 Å². The minimum absolute atomic E-state index is 0.0494. The molecule has 6 nitrogen and oxygen atoms in total. The van der Waals surface area contributed by atoms with Gasteiger partial charge in [-0.25, -0.2) is 9.97 Å². The number of thiophene rings is 1. The molecule has 1 aliphatic carbocycles. The highest BCUT2D eigenvalue weighted by atomic mass is 32.1. The van der Waals surface area contributed by atoms with Crippen LogP contribution in [0.3, 0.4) is 0 Å². The first kappa shape index (κ1) is 17.8. The van der Waals surface area contributed by atoms with Crippen molar-refractivity contribution < 1.29 is 4.42 Å². The van der Waals surface area contributed by atoms with Crippen LogP contribution in [0, 0.1) is 19.8 Å². The third-order valence-corrected chi connectivity index (χ3v) is 6.71. The van der Waals surface area contributed by atoms with Gasteiger partial charge in [-0.05, 0) is 56.0 Å². The minimum Gasteiger partial charge on any atom is -0.440 e. The summed E-state index contributed by atoms with van der Waals surface area (Å²) in [7, 11) is 0. The molecule has 3 aromatic heterocycles. The minimum atomic E-state index is 0.0494. The van der Waals surface area contributed by atoms with Gasteiger partial charge in [0.15, 0.2) is 0 Å². The van der Waals surface area contributed by atoms with Crippen LogP contribution in [0.4, 0.5) is 0 Å². The van der Waals surface area contributed by atoms with Crippen molar-refractivity contribution in [1.29, 1.82) is 0 Å². The molecule has 0 radical (unpaired) electrons. The van der Waals surface area contributed by atoms with E-state index < -0.39 is 0 Å². The fourth-order valence-electron chi connectivity index (χ4n) is 3.85. The lowest BCUT2D eigenvalue weighted by atomic mass is 10.1. The lowest BCUT2D eigenvalue weighted by molar-refractivity contribution is 0.236. The van der Waals surface area contributed by atoms with Gasteiger partial charge < -0.3 is 9.40 Å². The predicted octanol–water partition coefficient (Wildman–Crippen LogP) is 3.61. The number of oxazole rings is 1. The quantitative estimate of drug-likeness (QED) is 0.713. The number of nitrogens with one attached hydrogen (secondary N) is 1. The first-order valence-corrected chi connectivity index (χ1v) is 10.8. The van der Waals surface area contributed by atoms with Gasteiger partial charge in [0.05, 0.1) is 16.3 Å². The molecule has 2 aliphatic rings. The third kappa shape index (κ3) is 3.44. The lowest BCUT2D eigenvalue weighted by Crippen LogP contribution is -2.35. The average molecular weight is 397 g/mol. The van der Waals surface area contributed by atoms with Crippen LogP contribution < -0.4 is 5.56 Å². The van der Waals surface area contributed by atoms with Gasteiger partial charge in [-0.15, -0.1) is 11.3 Å². The van der Waals surface area contributed by atoms with Crippen molar-refractivity contribution in [2.24, 2.45) is 5.92 Å². The van der Waals surface area contributed by atoms with Gasteiger partial charge in [0, 0.05) is 31.6 Å². The normalized spacial score (nSPS) is 17.1. The highest BCUT2D eigenvalue weighted by Gasteiger charge is 2.26. The Labute approximate surface area is 167 Å². The SMILES string of the molecule is Cc1ccsc1-c1nc(CN2CCc3c(nc(CC4CC4)[nH]c3=O)C2)c(C)o1. The van der Waals surface area contributed by atoms with Gasteiger partial charge in [0.25, 0.3) is 5.56 Å². The third-order valence-electron chi connectivity index (χ3n) is 5.70. The van der Waals surface area contributed by atoms with Gasteiger partial charge in [0.2, 0.25) is 5.89 Å². The number of H-pyrrole nitrogens is 1. The maximum absolute atomic E-state index is 12.4. The summed E-state index contributed by atoms with van der Waals surface area (Å²) < 4.78 is 5.94. The summed E-state index contributed by atoms with van der Waals surface area (Å²) in [5.41, 5.74) is 3.99. The van der Waals surface area contributed by atoms with Crippen LogP contribution in [0.15, 0.2) is 20.7 Å². The van der Waals surface area contributed by atoms with Crippen molar-refractivity contribution in [3.05, 3.63) is 55.9 Å². The molecule has 4 heterocycles. The number of hydrogen-bond acceptors (Lipinski definition) is 6. The van der Waals surface area contributed by atoms with E-state index in [2.05, 4.69) is 28.3 Å². The number of nitrogens with zero attached hydrogens (tertiary/aromatic N) is 3. The Balaban J connectivity index is 1.35. The molecule has 0 amide bonds. The molecular formula is C21H24N4O2S. The molecule has 0 spiro atoms. The highest BCUT2D eigenvalue weighted by Crippen LogP contribution is 2.32. The Bertz CT molecular complexity index is 1080. The van der Waals surface area contributed by atoms with Crippen molar-refractivity contribution in [3.8, 4) is 10.8 Å². The summed E-state index contributed by atoms with van der Waals surface area (Å²) in [5.74, 6) is 3.12. The maximum Gasteiger partial charge on any atom is 0.254 e.